The van der Waals surface area contributed by atoms with Crippen LogP contribution >= 0.6 is 11.6 Å². The standard InChI is InChI=1S/C6H9ClF2O5S/c7-3-1-2-5(10)14-4-6(8,9)15(11,12)13/h1-4H2,(H,11,12,13). The van der Waals surface area contributed by atoms with Crippen LogP contribution in [0.2, 0.25) is 0 Å². The average molecular weight is 267 g/mol. The third-order valence-corrected chi connectivity index (χ3v) is 2.43. The molecule has 0 atom stereocenters. The quantitative estimate of drug-likeness (QED) is 0.441. The van der Waals surface area contributed by atoms with Crippen molar-refractivity contribution >= 4 is 27.7 Å². The summed E-state index contributed by atoms with van der Waals surface area (Å²) in [7, 11) is -5.56. The second-order valence-electron chi connectivity index (χ2n) is 2.57. The summed E-state index contributed by atoms with van der Waals surface area (Å²) < 4.78 is 57.1. The molecule has 0 aromatic rings. The number of halogens is 3. The highest BCUT2D eigenvalue weighted by Gasteiger charge is 2.45. The molecular weight excluding hydrogens is 258 g/mol. The Morgan fingerprint density at radius 1 is 1.47 bits per heavy atom. The molecule has 0 aliphatic heterocycles. The van der Waals surface area contributed by atoms with Gasteiger partial charge in [0.05, 0.1) is 0 Å². The summed E-state index contributed by atoms with van der Waals surface area (Å²) >= 11 is 5.22. The second kappa shape index (κ2) is 5.57. The molecular formula is C6H9ClF2O5S. The van der Waals surface area contributed by atoms with E-state index < -0.39 is 27.9 Å². The van der Waals surface area contributed by atoms with Gasteiger partial charge in [0.15, 0.2) is 6.61 Å². The topological polar surface area (TPSA) is 80.7 Å². The molecule has 9 heteroatoms. The first-order valence-electron chi connectivity index (χ1n) is 3.77. The van der Waals surface area contributed by atoms with Gasteiger partial charge in [-0.2, -0.15) is 17.2 Å². The monoisotopic (exact) mass is 266 g/mol. The summed E-state index contributed by atoms with van der Waals surface area (Å²) in [5.74, 6) is -0.844. The van der Waals surface area contributed by atoms with Gasteiger partial charge < -0.3 is 4.74 Å². The molecule has 0 amide bonds. The number of rotatable bonds is 6. The Hall–Kier alpha value is -0.470. The predicted octanol–water partition coefficient (Wildman–Crippen LogP) is 1.03. The molecule has 0 aliphatic rings. The minimum Gasteiger partial charge on any atom is -0.458 e. The van der Waals surface area contributed by atoms with E-state index in [0.29, 0.717) is 0 Å². The molecule has 0 unspecified atom stereocenters. The Morgan fingerprint density at radius 3 is 2.40 bits per heavy atom. The van der Waals surface area contributed by atoms with Crippen LogP contribution in [0.4, 0.5) is 8.78 Å². The van der Waals surface area contributed by atoms with Gasteiger partial charge >= 0.3 is 21.3 Å². The minimum absolute atomic E-state index is 0.157. The van der Waals surface area contributed by atoms with E-state index in [1.807, 2.05) is 0 Å². The maximum atomic E-state index is 12.5. The summed E-state index contributed by atoms with van der Waals surface area (Å²) in [6, 6.07) is 0. The summed E-state index contributed by atoms with van der Waals surface area (Å²) in [5, 5.41) is -4.48. The van der Waals surface area contributed by atoms with Gasteiger partial charge in [-0.1, -0.05) is 0 Å². The molecule has 0 bridgehead atoms. The van der Waals surface area contributed by atoms with Gasteiger partial charge in [0, 0.05) is 12.3 Å². The fourth-order valence-corrected chi connectivity index (χ4v) is 0.864. The lowest BCUT2D eigenvalue weighted by molar-refractivity contribution is -0.149. The minimum atomic E-state index is -5.56. The van der Waals surface area contributed by atoms with Crippen molar-refractivity contribution in [3.63, 3.8) is 0 Å². The van der Waals surface area contributed by atoms with E-state index in [4.69, 9.17) is 16.2 Å². The van der Waals surface area contributed by atoms with Crippen LogP contribution in [-0.4, -0.2) is 36.7 Å². The van der Waals surface area contributed by atoms with Gasteiger partial charge in [0.2, 0.25) is 0 Å². The number of alkyl halides is 3. The normalized spacial score (nSPS) is 12.5. The van der Waals surface area contributed by atoms with Crippen molar-refractivity contribution in [1.29, 1.82) is 0 Å². The van der Waals surface area contributed by atoms with E-state index in [2.05, 4.69) is 4.74 Å². The van der Waals surface area contributed by atoms with Gasteiger partial charge in [0.25, 0.3) is 0 Å². The van der Waals surface area contributed by atoms with Gasteiger partial charge in [-0.15, -0.1) is 11.6 Å². The van der Waals surface area contributed by atoms with Crippen molar-refractivity contribution in [2.45, 2.75) is 18.1 Å². The van der Waals surface area contributed by atoms with Crippen LogP contribution in [0, 0.1) is 0 Å². The Kier molecular flexibility index (Phi) is 5.39. The van der Waals surface area contributed by atoms with Crippen LogP contribution in [0.25, 0.3) is 0 Å². The highest BCUT2D eigenvalue weighted by atomic mass is 35.5. The Morgan fingerprint density at radius 2 is 2.00 bits per heavy atom. The van der Waals surface area contributed by atoms with Crippen LogP contribution in [0.15, 0.2) is 0 Å². The molecule has 0 aromatic carbocycles. The maximum absolute atomic E-state index is 12.5. The van der Waals surface area contributed by atoms with Crippen molar-refractivity contribution in [2.24, 2.45) is 0 Å². The van der Waals surface area contributed by atoms with Crippen LogP contribution in [0.5, 0.6) is 0 Å². The van der Waals surface area contributed by atoms with Crippen LogP contribution in [0.3, 0.4) is 0 Å². The molecule has 0 saturated carbocycles. The SMILES string of the molecule is O=C(CCCCl)OCC(F)(F)S(=O)(=O)O. The largest absolute Gasteiger partial charge is 0.458 e. The smallest absolute Gasteiger partial charge is 0.402 e. The fourth-order valence-electron chi connectivity index (χ4n) is 0.522. The van der Waals surface area contributed by atoms with E-state index in [-0.39, 0.29) is 18.7 Å². The molecule has 0 saturated heterocycles. The van der Waals surface area contributed by atoms with Gasteiger partial charge in [0.1, 0.15) is 0 Å². The van der Waals surface area contributed by atoms with Crippen LogP contribution < -0.4 is 0 Å². The van der Waals surface area contributed by atoms with Crippen LogP contribution in [0.1, 0.15) is 12.8 Å². The number of carbonyl (C=O) groups is 1. The molecule has 15 heavy (non-hydrogen) atoms. The van der Waals surface area contributed by atoms with Crippen molar-refractivity contribution < 1.29 is 31.3 Å². The highest BCUT2D eigenvalue weighted by molar-refractivity contribution is 7.86. The Balaban J connectivity index is 4.11. The third-order valence-electron chi connectivity index (χ3n) is 1.29. The van der Waals surface area contributed by atoms with Gasteiger partial charge in [-0.3, -0.25) is 9.35 Å². The first-order chi connectivity index (χ1) is 6.70. The third kappa shape index (κ3) is 5.24. The molecule has 0 fully saturated rings. The summed E-state index contributed by atoms with van der Waals surface area (Å²) in [6.45, 7) is -1.70. The number of hydrogen-bond donors (Lipinski definition) is 1. The number of hydrogen-bond acceptors (Lipinski definition) is 4. The molecule has 0 radical (unpaired) electrons. The zero-order valence-corrected chi connectivity index (χ0v) is 9.02. The van der Waals surface area contributed by atoms with E-state index in [1.165, 1.54) is 0 Å². The number of esters is 1. The molecule has 0 heterocycles. The zero-order chi connectivity index (χ0) is 12.1. The number of ether oxygens (including phenoxy) is 1. The fraction of sp³-hybridized carbons (Fsp3) is 0.833. The predicted molar refractivity (Wildman–Crippen MR) is 47.4 cm³/mol. The van der Waals surface area contributed by atoms with E-state index in [9.17, 15) is 22.0 Å². The second-order valence-corrected chi connectivity index (χ2v) is 4.49. The van der Waals surface area contributed by atoms with E-state index >= 15 is 0 Å². The average Bonchev–Trinajstić information content (AvgIpc) is 2.09. The molecule has 90 valence electrons. The lowest BCUT2D eigenvalue weighted by Crippen LogP contribution is -2.34. The van der Waals surface area contributed by atoms with Crippen molar-refractivity contribution in [3.8, 4) is 0 Å². The first-order valence-corrected chi connectivity index (χ1v) is 5.74. The first kappa shape index (κ1) is 14.5. The molecule has 0 aromatic heterocycles. The molecule has 5 nitrogen and oxygen atoms in total. The Bertz CT molecular complexity index is 315. The van der Waals surface area contributed by atoms with Crippen molar-refractivity contribution in [3.05, 3.63) is 0 Å². The summed E-state index contributed by atoms with van der Waals surface area (Å²) in [6.07, 6.45) is 0.0445. The van der Waals surface area contributed by atoms with E-state index in [1.54, 1.807) is 0 Å². The van der Waals surface area contributed by atoms with Gasteiger partial charge in [-0.05, 0) is 6.42 Å². The lowest BCUT2D eigenvalue weighted by Gasteiger charge is -2.12. The van der Waals surface area contributed by atoms with Crippen molar-refractivity contribution in [1.82, 2.24) is 0 Å². The lowest BCUT2D eigenvalue weighted by atomic mass is 10.3. The number of carbonyl (C=O) groups excluding carboxylic acids is 1. The zero-order valence-electron chi connectivity index (χ0n) is 7.45. The van der Waals surface area contributed by atoms with Crippen LogP contribution in [-0.2, 0) is 19.6 Å². The molecule has 0 spiro atoms. The molecule has 1 N–H and O–H groups in total. The van der Waals surface area contributed by atoms with Gasteiger partial charge in [-0.25, -0.2) is 0 Å². The summed E-state index contributed by atoms with van der Waals surface area (Å²) in [5.41, 5.74) is 0. The highest BCUT2D eigenvalue weighted by Crippen LogP contribution is 2.20. The summed E-state index contributed by atoms with van der Waals surface area (Å²) in [4.78, 5) is 10.7. The van der Waals surface area contributed by atoms with E-state index in [0.717, 1.165) is 0 Å². The van der Waals surface area contributed by atoms with Crippen molar-refractivity contribution in [2.75, 3.05) is 12.5 Å². The maximum Gasteiger partial charge on any atom is 0.402 e. The molecule has 0 aliphatic carbocycles. The Labute approximate surface area is 90.1 Å². The molecule has 0 rings (SSSR count).